The number of rotatable bonds is 6. The standard InChI is InChI=1S/C29H36F3N3O/c1-3-18-4-6-22(7-5-18)24-12-26(29(30,31)32)35-27(34-24)23(16-33-35)25(36)8-17(2)28-13-19-9-20(14-28)11-21(10-19)15-28/h4-7,16-17,19-21,24,26,34H,3,8-15H2,1-2H3. The molecule has 0 spiro atoms. The molecule has 5 aliphatic rings. The van der Waals surface area contributed by atoms with Gasteiger partial charge in [0, 0.05) is 12.8 Å². The van der Waals surface area contributed by atoms with E-state index in [-0.39, 0.29) is 29.4 Å². The number of benzene rings is 1. The van der Waals surface area contributed by atoms with Gasteiger partial charge in [-0.05, 0) is 85.2 Å². The summed E-state index contributed by atoms with van der Waals surface area (Å²) in [6, 6.07) is 5.43. The third kappa shape index (κ3) is 4.06. The van der Waals surface area contributed by atoms with Gasteiger partial charge >= 0.3 is 6.18 Å². The summed E-state index contributed by atoms with van der Waals surface area (Å²) in [7, 11) is 0. The zero-order chi connectivity index (χ0) is 25.2. The topological polar surface area (TPSA) is 46.9 Å². The van der Waals surface area contributed by atoms with Crippen LogP contribution in [-0.2, 0) is 6.42 Å². The number of alkyl halides is 3. The van der Waals surface area contributed by atoms with Gasteiger partial charge in [-0.3, -0.25) is 4.79 Å². The smallest absolute Gasteiger partial charge is 0.363 e. The van der Waals surface area contributed by atoms with Crippen molar-refractivity contribution in [3.8, 4) is 0 Å². The van der Waals surface area contributed by atoms with E-state index >= 15 is 0 Å². The number of hydrogen-bond donors (Lipinski definition) is 1. The minimum atomic E-state index is -4.45. The maximum absolute atomic E-state index is 14.1. The highest BCUT2D eigenvalue weighted by Gasteiger charge is 2.53. The van der Waals surface area contributed by atoms with Crippen LogP contribution in [0, 0.1) is 29.1 Å². The first-order chi connectivity index (χ1) is 17.1. The molecule has 0 saturated heterocycles. The zero-order valence-corrected chi connectivity index (χ0v) is 21.2. The van der Waals surface area contributed by atoms with Crippen LogP contribution in [0.1, 0.15) is 98.8 Å². The van der Waals surface area contributed by atoms with Gasteiger partial charge in [-0.25, -0.2) is 4.68 Å². The van der Waals surface area contributed by atoms with Gasteiger partial charge in [0.2, 0.25) is 0 Å². The first-order valence-corrected chi connectivity index (χ1v) is 13.7. The average Bonchev–Trinajstić information content (AvgIpc) is 3.26. The molecule has 7 heteroatoms. The first kappa shape index (κ1) is 24.1. The molecule has 4 aliphatic carbocycles. The van der Waals surface area contributed by atoms with Crippen molar-refractivity contribution >= 4 is 11.6 Å². The number of aromatic nitrogens is 2. The highest BCUT2D eigenvalue weighted by molar-refractivity contribution is 6.00. The van der Waals surface area contributed by atoms with Crippen LogP contribution in [0.25, 0.3) is 0 Å². The lowest BCUT2D eigenvalue weighted by molar-refractivity contribution is -0.173. The largest absolute Gasteiger partial charge is 0.410 e. The van der Waals surface area contributed by atoms with E-state index < -0.39 is 18.3 Å². The molecule has 1 aliphatic heterocycles. The molecule has 3 atom stereocenters. The molecule has 3 unspecified atom stereocenters. The lowest BCUT2D eigenvalue weighted by Crippen LogP contribution is -2.49. The summed E-state index contributed by atoms with van der Waals surface area (Å²) in [5.74, 6) is 2.75. The van der Waals surface area contributed by atoms with Crippen molar-refractivity contribution < 1.29 is 18.0 Å². The van der Waals surface area contributed by atoms with Crippen molar-refractivity contribution in [1.29, 1.82) is 0 Å². The lowest BCUT2D eigenvalue weighted by atomic mass is 9.46. The number of hydrogen-bond acceptors (Lipinski definition) is 3. The van der Waals surface area contributed by atoms with E-state index in [2.05, 4.69) is 24.3 Å². The van der Waals surface area contributed by atoms with Crippen molar-refractivity contribution in [2.45, 2.75) is 89.9 Å². The second-order valence-corrected chi connectivity index (χ2v) is 12.2. The number of halogens is 3. The second kappa shape index (κ2) is 8.63. The molecule has 1 aromatic carbocycles. The molecule has 194 valence electrons. The Hall–Kier alpha value is -2.31. The number of Topliss-reactive ketones (excluding diaryl/α,β-unsaturated/α-hetero) is 1. The van der Waals surface area contributed by atoms with Gasteiger partial charge in [0.15, 0.2) is 11.8 Å². The Bertz CT molecular complexity index is 1100. The zero-order valence-electron chi connectivity index (χ0n) is 21.2. The van der Waals surface area contributed by atoms with E-state index in [4.69, 9.17) is 0 Å². The van der Waals surface area contributed by atoms with Gasteiger partial charge in [-0.2, -0.15) is 18.3 Å². The predicted molar refractivity (Wildman–Crippen MR) is 133 cm³/mol. The van der Waals surface area contributed by atoms with E-state index in [1.807, 2.05) is 24.3 Å². The summed E-state index contributed by atoms with van der Waals surface area (Å²) in [4.78, 5) is 13.6. The van der Waals surface area contributed by atoms with Crippen LogP contribution in [0.5, 0.6) is 0 Å². The summed E-state index contributed by atoms with van der Waals surface area (Å²) in [5, 5.41) is 7.36. The third-order valence-electron chi connectivity index (χ3n) is 9.95. The molecule has 2 heterocycles. The van der Waals surface area contributed by atoms with Crippen molar-refractivity contribution in [3.63, 3.8) is 0 Å². The highest BCUT2D eigenvalue weighted by Crippen LogP contribution is 2.63. The molecule has 4 nitrogen and oxygen atoms in total. The van der Waals surface area contributed by atoms with Crippen molar-refractivity contribution in [2.75, 3.05) is 5.32 Å². The Morgan fingerprint density at radius 1 is 1.08 bits per heavy atom. The molecular weight excluding hydrogens is 463 g/mol. The fourth-order valence-electron chi connectivity index (χ4n) is 8.36. The molecule has 0 radical (unpaired) electrons. The normalized spacial score (nSPS) is 33.8. The SMILES string of the molecule is CCc1ccc(C2CC(C(F)(F)F)n3ncc(C(=O)CC(C)C45CC6CC(CC(C6)C4)C5)c3N2)cc1. The average molecular weight is 500 g/mol. The first-order valence-electron chi connectivity index (χ1n) is 13.7. The highest BCUT2D eigenvalue weighted by atomic mass is 19.4. The molecular formula is C29H36F3N3O. The second-order valence-electron chi connectivity index (χ2n) is 12.2. The molecule has 4 bridgehead atoms. The van der Waals surface area contributed by atoms with Crippen LogP contribution in [0.3, 0.4) is 0 Å². The number of carbonyl (C=O) groups excluding carboxylic acids is 1. The summed E-state index contributed by atoms with van der Waals surface area (Å²) < 4.78 is 43.3. The van der Waals surface area contributed by atoms with Gasteiger partial charge in [-0.1, -0.05) is 38.1 Å². The van der Waals surface area contributed by atoms with Gasteiger partial charge in [-0.15, -0.1) is 0 Å². The van der Waals surface area contributed by atoms with E-state index in [0.29, 0.717) is 12.0 Å². The summed E-state index contributed by atoms with van der Waals surface area (Å²) in [6.07, 6.45) is 5.69. The molecule has 36 heavy (non-hydrogen) atoms. The molecule has 1 N–H and O–H groups in total. The van der Waals surface area contributed by atoms with Crippen LogP contribution >= 0.6 is 0 Å². The monoisotopic (exact) mass is 499 g/mol. The molecule has 2 aromatic rings. The number of fused-ring (bicyclic) bond motifs is 1. The van der Waals surface area contributed by atoms with E-state index in [1.165, 1.54) is 44.7 Å². The molecule has 0 amide bonds. The Morgan fingerprint density at radius 3 is 2.25 bits per heavy atom. The summed E-state index contributed by atoms with van der Waals surface area (Å²) >= 11 is 0. The van der Waals surface area contributed by atoms with Gasteiger partial charge < -0.3 is 5.32 Å². The van der Waals surface area contributed by atoms with Crippen molar-refractivity contribution in [1.82, 2.24) is 9.78 Å². The van der Waals surface area contributed by atoms with E-state index in [9.17, 15) is 18.0 Å². The summed E-state index contributed by atoms with van der Waals surface area (Å²) in [5.41, 5.74) is 2.47. The predicted octanol–water partition coefficient (Wildman–Crippen LogP) is 7.53. The molecule has 7 rings (SSSR count). The minimum Gasteiger partial charge on any atom is -0.363 e. The number of nitrogens with one attached hydrogen (secondary N) is 1. The Kier molecular flexibility index (Phi) is 5.76. The third-order valence-corrected chi connectivity index (χ3v) is 9.95. The molecule has 1 aromatic heterocycles. The number of ketones is 1. The van der Waals surface area contributed by atoms with Crippen LogP contribution in [0.2, 0.25) is 0 Å². The van der Waals surface area contributed by atoms with Gasteiger partial charge in [0.1, 0.15) is 5.82 Å². The summed E-state index contributed by atoms with van der Waals surface area (Å²) in [6.45, 7) is 4.25. The Balaban J connectivity index is 1.26. The minimum absolute atomic E-state index is 0.0881. The van der Waals surface area contributed by atoms with Gasteiger partial charge in [0.05, 0.1) is 17.8 Å². The number of carbonyl (C=O) groups is 1. The molecule has 4 fully saturated rings. The number of aryl methyl sites for hydroxylation is 1. The molecule has 4 saturated carbocycles. The number of anilines is 1. The van der Waals surface area contributed by atoms with Crippen LogP contribution < -0.4 is 5.32 Å². The quantitative estimate of drug-likeness (QED) is 0.418. The number of nitrogens with zero attached hydrogens (tertiary/aromatic N) is 2. The van der Waals surface area contributed by atoms with Crippen LogP contribution in [0.15, 0.2) is 30.5 Å². The van der Waals surface area contributed by atoms with E-state index in [1.54, 1.807) is 0 Å². The van der Waals surface area contributed by atoms with Crippen molar-refractivity contribution in [3.05, 3.63) is 47.2 Å². The maximum Gasteiger partial charge on any atom is 0.410 e. The lowest BCUT2D eigenvalue weighted by Gasteiger charge is -2.59. The van der Waals surface area contributed by atoms with Crippen LogP contribution in [0.4, 0.5) is 19.0 Å². The Morgan fingerprint density at radius 2 is 1.69 bits per heavy atom. The fraction of sp³-hybridized carbons (Fsp3) is 0.655. The fourth-order valence-corrected chi connectivity index (χ4v) is 8.36. The van der Waals surface area contributed by atoms with E-state index in [0.717, 1.165) is 40.0 Å². The maximum atomic E-state index is 14.1. The van der Waals surface area contributed by atoms with Crippen molar-refractivity contribution in [2.24, 2.45) is 29.1 Å². The van der Waals surface area contributed by atoms with Crippen LogP contribution in [-0.4, -0.2) is 21.7 Å². The van der Waals surface area contributed by atoms with Gasteiger partial charge in [0.25, 0.3) is 0 Å². The Labute approximate surface area is 211 Å².